The quantitative estimate of drug-likeness (QED) is 0.627. The summed E-state index contributed by atoms with van der Waals surface area (Å²) in [6.45, 7) is 9.89. The first-order chi connectivity index (χ1) is 11.3. The Balaban J connectivity index is 2.99. The summed E-state index contributed by atoms with van der Waals surface area (Å²) in [6.07, 6.45) is 2.92. The molecule has 1 rings (SSSR count). The molecule has 140 valence electrons. The maximum Gasteiger partial charge on any atom is 0.286 e. The molecular weight excluding hydrogens is 310 g/mol. The van der Waals surface area contributed by atoms with E-state index in [1.165, 1.54) is 0 Å². The van der Waals surface area contributed by atoms with Crippen molar-refractivity contribution in [1.82, 2.24) is 5.32 Å². The van der Waals surface area contributed by atoms with Gasteiger partial charge in [-0.1, -0.05) is 20.8 Å². The van der Waals surface area contributed by atoms with Crippen molar-refractivity contribution in [2.24, 2.45) is 17.3 Å². The van der Waals surface area contributed by atoms with Gasteiger partial charge in [0, 0.05) is 32.8 Å². The highest BCUT2D eigenvalue weighted by Gasteiger charge is 2.41. The Morgan fingerprint density at radius 2 is 2.12 bits per heavy atom. The summed E-state index contributed by atoms with van der Waals surface area (Å²) in [4.78, 5) is 12.4. The summed E-state index contributed by atoms with van der Waals surface area (Å²) in [5.41, 5.74) is -0.0443. The lowest BCUT2D eigenvalue weighted by molar-refractivity contribution is -0.179. The van der Waals surface area contributed by atoms with Crippen molar-refractivity contribution in [3.05, 3.63) is 11.8 Å². The highest BCUT2D eigenvalue weighted by atomic mass is 16.7. The monoisotopic (exact) mass is 343 g/mol. The number of hydrogen-bond donors (Lipinski definition) is 2. The first kappa shape index (κ1) is 20.9. The van der Waals surface area contributed by atoms with Crippen molar-refractivity contribution in [3.63, 3.8) is 0 Å². The van der Waals surface area contributed by atoms with Gasteiger partial charge in [-0.05, 0) is 37.2 Å². The summed E-state index contributed by atoms with van der Waals surface area (Å²) in [6, 6.07) is 0. The molecular formula is C18H33NO5. The fraction of sp³-hybridized carbons (Fsp3) is 0.833. The molecule has 1 heterocycles. The van der Waals surface area contributed by atoms with Crippen molar-refractivity contribution >= 4 is 5.91 Å². The number of amides is 1. The van der Waals surface area contributed by atoms with Crippen LogP contribution in [0.2, 0.25) is 0 Å². The second-order valence-electron chi connectivity index (χ2n) is 7.14. The van der Waals surface area contributed by atoms with Gasteiger partial charge in [0.15, 0.2) is 5.76 Å². The molecule has 24 heavy (non-hydrogen) atoms. The Bertz CT molecular complexity index is 416. The Morgan fingerprint density at radius 1 is 1.42 bits per heavy atom. The van der Waals surface area contributed by atoms with E-state index in [2.05, 4.69) is 26.1 Å². The smallest absolute Gasteiger partial charge is 0.286 e. The van der Waals surface area contributed by atoms with Gasteiger partial charge in [-0.25, -0.2) is 0 Å². The Hall–Kier alpha value is -1.11. The van der Waals surface area contributed by atoms with Crippen LogP contribution in [-0.4, -0.2) is 50.8 Å². The molecule has 0 bridgehead atoms. The number of nitrogens with one attached hydrogen (secondary N) is 1. The van der Waals surface area contributed by atoms with E-state index in [0.29, 0.717) is 31.9 Å². The number of carbonyl (C=O) groups is 1. The van der Waals surface area contributed by atoms with Gasteiger partial charge in [0.2, 0.25) is 6.29 Å². The van der Waals surface area contributed by atoms with Gasteiger partial charge in [-0.2, -0.15) is 0 Å². The molecule has 0 saturated carbocycles. The van der Waals surface area contributed by atoms with E-state index < -0.39 is 6.29 Å². The highest BCUT2D eigenvalue weighted by molar-refractivity contribution is 5.91. The number of ether oxygens (including phenoxy) is 3. The van der Waals surface area contributed by atoms with Crippen LogP contribution in [0.5, 0.6) is 0 Å². The van der Waals surface area contributed by atoms with Gasteiger partial charge in [0.05, 0.1) is 6.61 Å². The van der Waals surface area contributed by atoms with Crippen LogP contribution >= 0.6 is 0 Å². The van der Waals surface area contributed by atoms with E-state index in [9.17, 15) is 9.90 Å². The lowest BCUT2D eigenvalue weighted by Crippen LogP contribution is -2.43. The zero-order valence-corrected chi connectivity index (χ0v) is 15.6. The number of rotatable bonds is 9. The molecule has 6 heteroatoms. The zero-order valence-electron chi connectivity index (χ0n) is 15.6. The fourth-order valence-electron chi connectivity index (χ4n) is 3.05. The third-order valence-corrected chi connectivity index (χ3v) is 4.23. The second kappa shape index (κ2) is 10.0. The average molecular weight is 343 g/mol. The van der Waals surface area contributed by atoms with Crippen LogP contribution in [0.25, 0.3) is 0 Å². The SMILES string of the molecule is CCO[C@H]1OC(C(=O)NCCOC)=C[C@@H](C(C)(C)C)[C@H]1CCCO. The number of methoxy groups -OCH3 is 1. The van der Waals surface area contributed by atoms with Gasteiger partial charge in [0.25, 0.3) is 5.91 Å². The first-order valence-corrected chi connectivity index (χ1v) is 8.73. The predicted octanol–water partition coefficient (Wildman–Crippen LogP) is 2.08. The summed E-state index contributed by atoms with van der Waals surface area (Å²) in [5.74, 6) is 0.293. The number of hydrogen-bond acceptors (Lipinski definition) is 5. The van der Waals surface area contributed by atoms with E-state index in [1.807, 2.05) is 13.0 Å². The topological polar surface area (TPSA) is 77.0 Å². The summed E-state index contributed by atoms with van der Waals surface area (Å²) in [7, 11) is 1.59. The number of carbonyl (C=O) groups excluding carboxylic acids is 1. The van der Waals surface area contributed by atoms with Crippen molar-refractivity contribution in [2.45, 2.75) is 46.8 Å². The molecule has 0 radical (unpaired) electrons. The molecule has 1 amide bonds. The van der Waals surface area contributed by atoms with E-state index in [0.717, 1.165) is 6.42 Å². The van der Waals surface area contributed by atoms with Crippen molar-refractivity contribution in [2.75, 3.05) is 33.5 Å². The van der Waals surface area contributed by atoms with Crippen LogP contribution in [0.15, 0.2) is 11.8 Å². The molecule has 2 N–H and O–H groups in total. The third kappa shape index (κ3) is 6.07. The van der Waals surface area contributed by atoms with Gasteiger partial charge < -0.3 is 24.6 Å². The van der Waals surface area contributed by atoms with Crippen molar-refractivity contribution in [3.8, 4) is 0 Å². The summed E-state index contributed by atoms with van der Waals surface area (Å²) >= 11 is 0. The molecule has 0 saturated heterocycles. The van der Waals surface area contributed by atoms with E-state index in [-0.39, 0.29) is 29.8 Å². The van der Waals surface area contributed by atoms with Gasteiger partial charge in [0.1, 0.15) is 0 Å². The lowest BCUT2D eigenvalue weighted by Gasteiger charge is -2.42. The van der Waals surface area contributed by atoms with Crippen LogP contribution in [0.4, 0.5) is 0 Å². The molecule has 1 aliphatic heterocycles. The molecule has 0 aliphatic carbocycles. The fourth-order valence-corrected chi connectivity index (χ4v) is 3.05. The van der Waals surface area contributed by atoms with E-state index >= 15 is 0 Å². The standard InChI is InChI=1S/C18H33NO5/c1-6-23-17-13(8-7-10-20)14(18(2,3)4)12-15(24-17)16(21)19-9-11-22-5/h12-14,17,20H,6-11H2,1-5H3,(H,19,21)/t13-,14-,17+/m1/s1. The molecule has 1 aliphatic rings. The first-order valence-electron chi connectivity index (χ1n) is 8.73. The van der Waals surface area contributed by atoms with Gasteiger partial charge >= 0.3 is 0 Å². The number of allylic oxidation sites excluding steroid dienone is 1. The van der Waals surface area contributed by atoms with Gasteiger partial charge in [-0.3, -0.25) is 4.79 Å². The number of aliphatic hydroxyl groups is 1. The molecule has 6 nitrogen and oxygen atoms in total. The molecule has 3 atom stereocenters. The maximum atomic E-state index is 12.4. The minimum atomic E-state index is -0.473. The molecule has 0 aromatic rings. The Morgan fingerprint density at radius 3 is 2.67 bits per heavy atom. The van der Waals surface area contributed by atoms with Crippen LogP contribution in [0.1, 0.15) is 40.5 Å². The largest absolute Gasteiger partial charge is 0.459 e. The van der Waals surface area contributed by atoms with Crippen LogP contribution in [0.3, 0.4) is 0 Å². The van der Waals surface area contributed by atoms with Crippen LogP contribution in [-0.2, 0) is 19.0 Å². The second-order valence-corrected chi connectivity index (χ2v) is 7.14. The zero-order chi connectivity index (χ0) is 18.2. The molecule has 0 fully saturated rings. The van der Waals surface area contributed by atoms with E-state index in [4.69, 9.17) is 14.2 Å². The molecule has 0 spiro atoms. The van der Waals surface area contributed by atoms with Crippen molar-refractivity contribution in [1.29, 1.82) is 0 Å². The average Bonchev–Trinajstić information content (AvgIpc) is 2.52. The number of aliphatic hydroxyl groups excluding tert-OH is 1. The third-order valence-electron chi connectivity index (χ3n) is 4.23. The lowest BCUT2D eigenvalue weighted by atomic mass is 9.70. The minimum absolute atomic E-state index is 0.0443. The minimum Gasteiger partial charge on any atom is -0.459 e. The maximum absolute atomic E-state index is 12.4. The van der Waals surface area contributed by atoms with Crippen LogP contribution < -0.4 is 5.32 Å². The van der Waals surface area contributed by atoms with Gasteiger partial charge in [-0.15, -0.1) is 0 Å². The van der Waals surface area contributed by atoms with Crippen LogP contribution in [0, 0.1) is 17.3 Å². The predicted molar refractivity (Wildman–Crippen MR) is 92.2 cm³/mol. The molecule has 0 aromatic carbocycles. The highest BCUT2D eigenvalue weighted by Crippen LogP contribution is 2.42. The Kier molecular flexibility index (Phi) is 8.73. The molecule has 0 aromatic heterocycles. The van der Waals surface area contributed by atoms with Crippen molar-refractivity contribution < 1.29 is 24.1 Å². The summed E-state index contributed by atoms with van der Waals surface area (Å²) in [5, 5.41) is 12.0. The Labute approximate surface area is 145 Å². The summed E-state index contributed by atoms with van der Waals surface area (Å²) < 4.78 is 16.6. The normalized spacial score (nSPS) is 24.2. The van der Waals surface area contributed by atoms with E-state index in [1.54, 1.807) is 7.11 Å². The molecule has 0 unspecified atom stereocenters.